The number of rotatable bonds is 7. The molecule has 1 atom stereocenters. The highest BCUT2D eigenvalue weighted by molar-refractivity contribution is 5.90. The standard InChI is InChI=1S/C17H26N2O2/c1-5-6-17(21)19-14-7-8-16(20)15(11-14)13(4)18-10-9-12(2)3/h7-9,11,13,18,20H,5-6,10H2,1-4H3,(H,19,21). The molecule has 1 amide bonds. The highest BCUT2D eigenvalue weighted by Crippen LogP contribution is 2.27. The van der Waals surface area contributed by atoms with Crippen molar-refractivity contribution in [3.8, 4) is 5.75 Å². The molecule has 21 heavy (non-hydrogen) atoms. The van der Waals surface area contributed by atoms with Gasteiger partial charge >= 0.3 is 0 Å². The highest BCUT2D eigenvalue weighted by Gasteiger charge is 2.11. The van der Waals surface area contributed by atoms with Crippen molar-refractivity contribution in [2.45, 2.75) is 46.6 Å². The van der Waals surface area contributed by atoms with Gasteiger partial charge in [-0.1, -0.05) is 18.6 Å². The van der Waals surface area contributed by atoms with Crippen molar-refractivity contribution in [3.63, 3.8) is 0 Å². The quantitative estimate of drug-likeness (QED) is 0.529. The Kier molecular flexibility index (Phi) is 6.96. The molecule has 0 aliphatic carbocycles. The van der Waals surface area contributed by atoms with Crippen LogP contribution < -0.4 is 10.6 Å². The zero-order valence-electron chi connectivity index (χ0n) is 13.4. The number of anilines is 1. The lowest BCUT2D eigenvalue weighted by atomic mass is 10.1. The number of allylic oxidation sites excluding steroid dienone is 1. The summed E-state index contributed by atoms with van der Waals surface area (Å²) in [5.74, 6) is 0.236. The number of phenolic OH excluding ortho intramolecular Hbond substituents is 1. The lowest BCUT2D eigenvalue weighted by Crippen LogP contribution is -2.19. The van der Waals surface area contributed by atoms with Gasteiger partial charge in [0.15, 0.2) is 0 Å². The summed E-state index contributed by atoms with van der Waals surface area (Å²) in [4.78, 5) is 11.6. The molecule has 0 fully saturated rings. The minimum absolute atomic E-state index is 0.000654. The van der Waals surface area contributed by atoms with Gasteiger partial charge in [-0.3, -0.25) is 4.79 Å². The van der Waals surface area contributed by atoms with E-state index in [1.165, 1.54) is 5.57 Å². The largest absolute Gasteiger partial charge is 0.508 e. The van der Waals surface area contributed by atoms with E-state index in [1.807, 2.05) is 33.8 Å². The molecule has 1 rings (SSSR count). The normalized spacial score (nSPS) is 11.8. The predicted octanol–water partition coefficient (Wildman–Crippen LogP) is 3.75. The number of benzene rings is 1. The number of hydrogen-bond acceptors (Lipinski definition) is 3. The zero-order valence-corrected chi connectivity index (χ0v) is 13.4. The predicted molar refractivity (Wildman–Crippen MR) is 87.5 cm³/mol. The average molecular weight is 290 g/mol. The summed E-state index contributed by atoms with van der Waals surface area (Å²) in [6, 6.07) is 5.16. The number of aromatic hydroxyl groups is 1. The lowest BCUT2D eigenvalue weighted by Gasteiger charge is -2.16. The summed E-state index contributed by atoms with van der Waals surface area (Å²) in [7, 11) is 0. The van der Waals surface area contributed by atoms with Gasteiger partial charge < -0.3 is 15.7 Å². The van der Waals surface area contributed by atoms with E-state index in [9.17, 15) is 9.90 Å². The van der Waals surface area contributed by atoms with Crippen LogP contribution in [0.25, 0.3) is 0 Å². The molecule has 0 bridgehead atoms. The maximum absolute atomic E-state index is 11.6. The Morgan fingerprint density at radius 1 is 1.38 bits per heavy atom. The first kappa shape index (κ1) is 17.2. The first-order valence-electron chi connectivity index (χ1n) is 7.43. The Balaban J connectivity index is 2.76. The average Bonchev–Trinajstić information content (AvgIpc) is 2.40. The molecule has 1 aromatic rings. The van der Waals surface area contributed by atoms with Gasteiger partial charge in [-0.05, 0) is 45.4 Å². The van der Waals surface area contributed by atoms with Gasteiger partial charge in [0.2, 0.25) is 5.91 Å². The van der Waals surface area contributed by atoms with E-state index < -0.39 is 0 Å². The summed E-state index contributed by atoms with van der Waals surface area (Å²) in [5.41, 5.74) is 2.75. The maximum Gasteiger partial charge on any atom is 0.224 e. The molecule has 0 radical (unpaired) electrons. The number of nitrogens with one attached hydrogen (secondary N) is 2. The summed E-state index contributed by atoms with van der Waals surface area (Å²) in [6.45, 7) is 8.80. The Morgan fingerprint density at radius 3 is 2.71 bits per heavy atom. The van der Waals surface area contributed by atoms with Crippen molar-refractivity contribution in [3.05, 3.63) is 35.4 Å². The van der Waals surface area contributed by atoms with Gasteiger partial charge in [0, 0.05) is 30.3 Å². The van der Waals surface area contributed by atoms with E-state index in [-0.39, 0.29) is 17.7 Å². The van der Waals surface area contributed by atoms with Crippen LogP contribution in [0.5, 0.6) is 5.75 Å². The smallest absolute Gasteiger partial charge is 0.224 e. The molecule has 0 spiro atoms. The topological polar surface area (TPSA) is 61.4 Å². The van der Waals surface area contributed by atoms with E-state index in [4.69, 9.17) is 0 Å². The van der Waals surface area contributed by atoms with Crippen LogP contribution in [0.2, 0.25) is 0 Å². The third kappa shape index (κ3) is 6.00. The minimum Gasteiger partial charge on any atom is -0.508 e. The van der Waals surface area contributed by atoms with E-state index >= 15 is 0 Å². The van der Waals surface area contributed by atoms with Crippen LogP contribution in [0.4, 0.5) is 5.69 Å². The summed E-state index contributed by atoms with van der Waals surface area (Å²) in [6.07, 6.45) is 3.42. The van der Waals surface area contributed by atoms with Crippen LogP contribution in [0.3, 0.4) is 0 Å². The van der Waals surface area contributed by atoms with Crippen molar-refractivity contribution < 1.29 is 9.90 Å². The van der Waals surface area contributed by atoms with Gasteiger partial charge in [-0.2, -0.15) is 0 Å². The Labute approximate surface area is 127 Å². The number of hydrogen-bond donors (Lipinski definition) is 3. The van der Waals surface area contributed by atoms with Crippen molar-refractivity contribution in [2.75, 3.05) is 11.9 Å². The monoisotopic (exact) mass is 290 g/mol. The fourth-order valence-corrected chi connectivity index (χ4v) is 1.98. The molecule has 0 saturated heterocycles. The van der Waals surface area contributed by atoms with Crippen molar-refractivity contribution in [1.29, 1.82) is 0 Å². The van der Waals surface area contributed by atoms with Crippen LogP contribution >= 0.6 is 0 Å². The van der Waals surface area contributed by atoms with Crippen molar-refractivity contribution >= 4 is 11.6 Å². The first-order chi connectivity index (χ1) is 9.93. The number of amides is 1. The molecule has 116 valence electrons. The molecule has 0 aliphatic heterocycles. The molecule has 4 heteroatoms. The van der Waals surface area contributed by atoms with E-state index in [0.717, 1.165) is 24.2 Å². The fraction of sp³-hybridized carbons (Fsp3) is 0.471. The van der Waals surface area contributed by atoms with E-state index in [0.29, 0.717) is 6.42 Å². The zero-order chi connectivity index (χ0) is 15.8. The Bertz CT molecular complexity index is 506. The van der Waals surface area contributed by atoms with Crippen LogP contribution in [0, 0.1) is 0 Å². The fourth-order valence-electron chi connectivity index (χ4n) is 1.98. The van der Waals surface area contributed by atoms with Crippen LogP contribution in [-0.4, -0.2) is 17.6 Å². The second kappa shape index (κ2) is 8.47. The second-order valence-electron chi connectivity index (χ2n) is 5.48. The van der Waals surface area contributed by atoms with Crippen molar-refractivity contribution in [2.24, 2.45) is 0 Å². The van der Waals surface area contributed by atoms with Crippen LogP contribution in [0.1, 0.15) is 52.1 Å². The SMILES string of the molecule is CCCC(=O)Nc1ccc(O)c(C(C)NCC=C(C)C)c1. The molecular formula is C17H26N2O2. The number of carbonyl (C=O) groups excluding carboxylic acids is 1. The second-order valence-corrected chi connectivity index (χ2v) is 5.48. The molecule has 1 aromatic carbocycles. The molecule has 1 unspecified atom stereocenters. The van der Waals surface area contributed by atoms with Gasteiger partial charge in [0.25, 0.3) is 0 Å². The number of carbonyl (C=O) groups is 1. The summed E-state index contributed by atoms with van der Waals surface area (Å²) in [5, 5.41) is 16.2. The van der Waals surface area contributed by atoms with Gasteiger partial charge in [-0.25, -0.2) is 0 Å². The highest BCUT2D eigenvalue weighted by atomic mass is 16.3. The maximum atomic E-state index is 11.6. The molecule has 4 nitrogen and oxygen atoms in total. The molecule has 0 aromatic heterocycles. The van der Waals surface area contributed by atoms with Gasteiger partial charge in [0.05, 0.1) is 0 Å². The third-order valence-electron chi connectivity index (χ3n) is 3.19. The summed E-state index contributed by atoms with van der Waals surface area (Å²) >= 11 is 0. The number of phenols is 1. The van der Waals surface area contributed by atoms with Gasteiger partial charge in [-0.15, -0.1) is 0 Å². The molecule has 0 heterocycles. The molecule has 0 aliphatic rings. The first-order valence-corrected chi connectivity index (χ1v) is 7.43. The Morgan fingerprint density at radius 2 is 2.10 bits per heavy atom. The molecule has 0 saturated carbocycles. The Hall–Kier alpha value is -1.81. The van der Waals surface area contributed by atoms with Crippen LogP contribution in [-0.2, 0) is 4.79 Å². The van der Waals surface area contributed by atoms with Crippen molar-refractivity contribution in [1.82, 2.24) is 5.32 Å². The van der Waals surface area contributed by atoms with Crippen LogP contribution in [0.15, 0.2) is 29.8 Å². The molecular weight excluding hydrogens is 264 g/mol. The minimum atomic E-state index is -0.000654. The third-order valence-corrected chi connectivity index (χ3v) is 3.19. The summed E-state index contributed by atoms with van der Waals surface area (Å²) < 4.78 is 0. The van der Waals surface area contributed by atoms with E-state index in [1.54, 1.807) is 12.1 Å². The van der Waals surface area contributed by atoms with Gasteiger partial charge in [0.1, 0.15) is 5.75 Å². The molecule has 3 N–H and O–H groups in total. The van der Waals surface area contributed by atoms with E-state index in [2.05, 4.69) is 16.7 Å². The lowest BCUT2D eigenvalue weighted by molar-refractivity contribution is -0.116.